The van der Waals surface area contributed by atoms with Crippen LogP contribution in [0.15, 0.2) is 144 Å². The first-order chi connectivity index (χ1) is 31.0. The van der Waals surface area contributed by atoms with Gasteiger partial charge in [-0.3, -0.25) is 9.59 Å². The van der Waals surface area contributed by atoms with E-state index < -0.39 is 23.8 Å². The second-order valence-electron chi connectivity index (χ2n) is 13.7. The van der Waals surface area contributed by atoms with Gasteiger partial charge in [-0.1, -0.05) is 61.7 Å². The molecule has 14 nitrogen and oxygen atoms in total. The zero-order valence-electron chi connectivity index (χ0n) is 35.7. The Bertz CT molecular complexity index is 2300. The molecule has 64 heavy (non-hydrogen) atoms. The van der Waals surface area contributed by atoms with Crippen LogP contribution in [0.5, 0.6) is 11.5 Å². The third-order valence-corrected chi connectivity index (χ3v) is 9.00. The van der Waals surface area contributed by atoms with Gasteiger partial charge in [0.15, 0.2) is 0 Å². The minimum absolute atomic E-state index is 0.0732. The van der Waals surface area contributed by atoms with Crippen molar-refractivity contribution in [1.29, 1.82) is 5.26 Å². The quantitative estimate of drug-likeness (QED) is 0.0140. The standard InChI is InChI=1S/C50H48N6O8/c1-6-47(57)63-30-10-8-28-61-44-24-12-37(13-25-44)32-41(34-51)49(59)53-42-20-16-39(17-21-42)35(3)55-56-36(4)40-18-22-43(23-19-40)54-50(60)46(52-5)33-38-14-26-45(27-15-38)62-29-9-11-31-64-48(58)7-2/h6-7,12-27,32-33H,1-2,8-11,28-31H2,3-4H3,(H,53,59)(H,54,60)/b41-32+,46-33-,55-35-,56-36-. The summed E-state index contributed by atoms with van der Waals surface area (Å²) in [7, 11) is 0. The van der Waals surface area contributed by atoms with Crippen LogP contribution in [-0.4, -0.2) is 61.6 Å². The monoisotopic (exact) mass is 860 g/mol. The van der Waals surface area contributed by atoms with Crippen LogP contribution in [0, 0.1) is 17.9 Å². The molecule has 4 aromatic rings. The Morgan fingerprint density at radius 3 is 1.44 bits per heavy atom. The van der Waals surface area contributed by atoms with Crippen molar-refractivity contribution in [2.45, 2.75) is 39.5 Å². The van der Waals surface area contributed by atoms with E-state index in [9.17, 15) is 24.4 Å². The molecular weight excluding hydrogens is 813 g/mol. The third kappa shape index (κ3) is 16.6. The van der Waals surface area contributed by atoms with Crippen molar-refractivity contribution in [3.8, 4) is 17.6 Å². The number of rotatable bonds is 23. The lowest BCUT2D eigenvalue weighted by Gasteiger charge is -2.08. The van der Waals surface area contributed by atoms with Crippen LogP contribution >= 0.6 is 0 Å². The molecule has 0 aliphatic rings. The average molecular weight is 861 g/mol. The Hall–Kier alpha value is -8.36. The molecule has 2 amide bonds. The predicted molar refractivity (Wildman–Crippen MR) is 247 cm³/mol. The van der Waals surface area contributed by atoms with Gasteiger partial charge in [-0.05, 0) is 122 Å². The third-order valence-electron chi connectivity index (χ3n) is 9.00. The van der Waals surface area contributed by atoms with E-state index in [1.54, 1.807) is 104 Å². The SMILES string of the molecule is [C-]#[N+]/C(=C\c1ccc(OCCCCOC(=O)C=C)cc1)C(=O)Nc1ccc(/C(C)=N\N=C(\C)c2ccc(NC(=O)/C(C#N)=C/c3ccc(OCCCCOC(=O)C=C)cc3)cc2)cc1. The van der Waals surface area contributed by atoms with Crippen LogP contribution in [0.4, 0.5) is 11.4 Å². The number of nitrogens with zero attached hydrogens (tertiary/aromatic N) is 4. The number of anilines is 2. The Morgan fingerprint density at radius 1 is 0.625 bits per heavy atom. The molecule has 0 aliphatic heterocycles. The van der Waals surface area contributed by atoms with Crippen molar-refractivity contribution >= 4 is 58.7 Å². The Balaban J connectivity index is 1.24. The Labute approximate surface area is 372 Å². The molecule has 0 aliphatic carbocycles. The lowest BCUT2D eigenvalue weighted by atomic mass is 10.1. The summed E-state index contributed by atoms with van der Waals surface area (Å²) in [5.74, 6) is -0.753. The molecule has 0 unspecified atom stereocenters. The summed E-state index contributed by atoms with van der Waals surface area (Å²) in [5.41, 5.74) is 4.94. The lowest BCUT2D eigenvalue weighted by Crippen LogP contribution is -2.13. The molecule has 0 bridgehead atoms. The van der Waals surface area contributed by atoms with Gasteiger partial charge in [-0.2, -0.15) is 15.5 Å². The normalized spacial score (nSPS) is 11.6. The van der Waals surface area contributed by atoms with E-state index in [2.05, 4.69) is 38.8 Å². The molecule has 0 aromatic heterocycles. The maximum atomic E-state index is 12.9. The Kier molecular flexibility index (Phi) is 19.7. The molecule has 0 atom stereocenters. The fourth-order valence-electron chi connectivity index (χ4n) is 5.44. The number of unbranched alkanes of at least 4 members (excludes halogenated alkanes) is 2. The molecular formula is C50H48N6O8. The smallest absolute Gasteiger partial charge is 0.330 e. The molecule has 4 rings (SSSR count). The summed E-state index contributed by atoms with van der Waals surface area (Å²) >= 11 is 0. The van der Waals surface area contributed by atoms with Gasteiger partial charge >= 0.3 is 11.9 Å². The second kappa shape index (κ2) is 26.1. The topological polar surface area (TPSA) is 182 Å². The molecule has 0 heterocycles. The van der Waals surface area contributed by atoms with Gasteiger partial charge in [0, 0.05) is 23.5 Å². The van der Waals surface area contributed by atoms with Crippen molar-refractivity contribution in [1.82, 2.24) is 0 Å². The van der Waals surface area contributed by atoms with Crippen LogP contribution in [0.1, 0.15) is 61.8 Å². The number of nitriles is 1. The van der Waals surface area contributed by atoms with E-state index in [-0.39, 0.29) is 11.3 Å². The summed E-state index contributed by atoms with van der Waals surface area (Å²) in [6.45, 7) is 19.4. The van der Waals surface area contributed by atoms with Crippen molar-refractivity contribution < 1.29 is 38.1 Å². The molecule has 0 saturated heterocycles. The highest BCUT2D eigenvalue weighted by Gasteiger charge is 2.12. The molecule has 14 heteroatoms. The number of amides is 2. The van der Waals surface area contributed by atoms with Crippen LogP contribution in [0.2, 0.25) is 0 Å². The molecule has 0 fully saturated rings. The molecule has 0 saturated carbocycles. The molecule has 4 aromatic carbocycles. The molecule has 0 spiro atoms. The number of ether oxygens (including phenoxy) is 4. The van der Waals surface area contributed by atoms with Crippen molar-refractivity contribution in [3.05, 3.63) is 167 Å². The van der Waals surface area contributed by atoms with E-state index >= 15 is 0 Å². The fourth-order valence-corrected chi connectivity index (χ4v) is 5.44. The van der Waals surface area contributed by atoms with Crippen LogP contribution in [-0.2, 0) is 28.7 Å². The van der Waals surface area contributed by atoms with Crippen molar-refractivity contribution in [2.75, 3.05) is 37.1 Å². The molecule has 0 radical (unpaired) electrons. The first kappa shape index (κ1) is 48.3. The summed E-state index contributed by atoms with van der Waals surface area (Å²) in [6, 6.07) is 29.9. The highest BCUT2D eigenvalue weighted by atomic mass is 16.5. The first-order valence-electron chi connectivity index (χ1n) is 20.2. The summed E-state index contributed by atoms with van der Waals surface area (Å²) in [4.78, 5) is 51.5. The minimum Gasteiger partial charge on any atom is -0.494 e. The number of hydrogen-bond donors (Lipinski definition) is 2. The van der Waals surface area contributed by atoms with Gasteiger partial charge in [0.1, 0.15) is 23.1 Å². The number of carbonyl (C=O) groups is 4. The van der Waals surface area contributed by atoms with E-state index in [1.165, 1.54) is 12.2 Å². The first-order valence-corrected chi connectivity index (χ1v) is 20.2. The molecule has 2 N–H and O–H groups in total. The number of hydrogen-bond acceptors (Lipinski definition) is 11. The summed E-state index contributed by atoms with van der Waals surface area (Å²) in [5, 5.41) is 24.0. The van der Waals surface area contributed by atoms with Gasteiger partial charge in [0.05, 0.1) is 44.4 Å². The van der Waals surface area contributed by atoms with Gasteiger partial charge in [0.2, 0.25) is 0 Å². The van der Waals surface area contributed by atoms with E-state index in [1.807, 2.05) is 13.0 Å². The van der Waals surface area contributed by atoms with Crippen LogP contribution in [0.3, 0.4) is 0 Å². The lowest BCUT2D eigenvalue weighted by molar-refractivity contribution is -0.138. The highest BCUT2D eigenvalue weighted by Crippen LogP contribution is 2.19. The predicted octanol–water partition coefficient (Wildman–Crippen LogP) is 9.14. The second-order valence-corrected chi connectivity index (χ2v) is 13.7. The van der Waals surface area contributed by atoms with Gasteiger partial charge in [-0.25, -0.2) is 14.4 Å². The van der Waals surface area contributed by atoms with Gasteiger partial charge < -0.3 is 29.6 Å². The zero-order chi connectivity index (χ0) is 46.1. The average Bonchev–Trinajstić information content (AvgIpc) is 3.32. The number of nitrogens with one attached hydrogen (secondary N) is 2. The maximum absolute atomic E-state index is 12.9. The van der Waals surface area contributed by atoms with Gasteiger partial charge in [0.25, 0.3) is 17.5 Å². The van der Waals surface area contributed by atoms with Crippen molar-refractivity contribution in [2.24, 2.45) is 10.2 Å². The fraction of sp³-hybridized carbons (Fsp3) is 0.200. The Morgan fingerprint density at radius 2 is 1.03 bits per heavy atom. The van der Waals surface area contributed by atoms with Crippen molar-refractivity contribution in [3.63, 3.8) is 0 Å². The largest absolute Gasteiger partial charge is 0.494 e. The summed E-state index contributed by atoms with van der Waals surface area (Å²) in [6.07, 6.45) is 7.94. The van der Waals surface area contributed by atoms with E-state index in [4.69, 9.17) is 25.5 Å². The number of carbonyl (C=O) groups excluding carboxylic acids is 4. The summed E-state index contributed by atoms with van der Waals surface area (Å²) < 4.78 is 21.3. The number of esters is 2. The maximum Gasteiger partial charge on any atom is 0.330 e. The van der Waals surface area contributed by atoms with Gasteiger partial charge in [-0.15, -0.1) is 0 Å². The van der Waals surface area contributed by atoms with Crippen LogP contribution in [0.25, 0.3) is 17.0 Å². The highest BCUT2D eigenvalue weighted by molar-refractivity contribution is 6.10. The molecule has 326 valence electrons. The number of benzene rings is 4. The van der Waals surface area contributed by atoms with E-state index in [0.29, 0.717) is 97.5 Å². The van der Waals surface area contributed by atoms with Crippen LogP contribution < -0.4 is 20.1 Å². The van der Waals surface area contributed by atoms with E-state index in [0.717, 1.165) is 23.3 Å². The zero-order valence-corrected chi connectivity index (χ0v) is 35.7. The minimum atomic E-state index is -0.559.